The van der Waals surface area contributed by atoms with Gasteiger partial charge in [0.1, 0.15) is 0 Å². The van der Waals surface area contributed by atoms with Crippen LogP contribution in [0.4, 0.5) is 0 Å². The Bertz CT molecular complexity index is 682. The highest BCUT2D eigenvalue weighted by Crippen LogP contribution is 2.18. The molecule has 0 spiro atoms. The van der Waals surface area contributed by atoms with Crippen molar-refractivity contribution < 1.29 is 0 Å². The van der Waals surface area contributed by atoms with Crippen LogP contribution in [0.3, 0.4) is 0 Å². The number of hydrogen-bond acceptors (Lipinski definition) is 3. The maximum absolute atomic E-state index is 12.5. The van der Waals surface area contributed by atoms with E-state index < -0.39 is 0 Å². The minimum absolute atomic E-state index is 0.00690. The molecule has 1 aromatic carbocycles. The molecule has 1 unspecified atom stereocenters. The SMILES string of the molecule is CCN1CCC(Cn2cnc3ccc(Cl)cc3c2=O)C1. The topological polar surface area (TPSA) is 38.1 Å². The highest BCUT2D eigenvalue weighted by Gasteiger charge is 2.22. The third-order valence-corrected chi connectivity index (χ3v) is 4.29. The van der Waals surface area contributed by atoms with Gasteiger partial charge in [-0.05, 0) is 43.6 Å². The number of rotatable bonds is 3. The lowest BCUT2D eigenvalue weighted by Gasteiger charge is -2.14. The van der Waals surface area contributed by atoms with Crippen LogP contribution in [0.5, 0.6) is 0 Å². The molecule has 1 atom stereocenters. The minimum atomic E-state index is 0.00690. The molecular formula is C15H18ClN3O. The van der Waals surface area contributed by atoms with E-state index in [0.29, 0.717) is 21.8 Å². The van der Waals surface area contributed by atoms with Gasteiger partial charge in [-0.2, -0.15) is 0 Å². The highest BCUT2D eigenvalue weighted by molar-refractivity contribution is 6.31. The smallest absolute Gasteiger partial charge is 0.261 e. The third kappa shape index (κ3) is 2.58. The second kappa shape index (κ2) is 5.54. The third-order valence-electron chi connectivity index (χ3n) is 4.06. The first-order valence-corrected chi connectivity index (χ1v) is 7.42. The monoisotopic (exact) mass is 291 g/mol. The average molecular weight is 292 g/mol. The standard InChI is InChI=1S/C15H18ClN3O/c1-2-18-6-5-11(8-18)9-19-10-17-14-4-3-12(16)7-13(14)15(19)20/h3-4,7,10-11H,2,5-6,8-9H2,1H3. The van der Waals surface area contributed by atoms with E-state index >= 15 is 0 Å². The van der Waals surface area contributed by atoms with Crippen molar-refractivity contribution in [3.8, 4) is 0 Å². The van der Waals surface area contributed by atoms with Crippen molar-refractivity contribution in [1.29, 1.82) is 0 Å². The molecule has 2 heterocycles. The summed E-state index contributed by atoms with van der Waals surface area (Å²) in [5.74, 6) is 0.533. The van der Waals surface area contributed by atoms with Gasteiger partial charge in [0.05, 0.1) is 17.2 Å². The number of halogens is 1. The maximum atomic E-state index is 12.5. The average Bonchev–Trinajstić information content (AvgIpc) is 2.90. The van der Waals surface area contributed by atoms with E-state index in [1.165, 1.54) is 0 Å². The Balaban J connectivity index is 1.89. The van der Waals surface area contributed by atoms with E-state index in [-0.39, 0.29) is 5.56 Å². The molecule has 0 aliphatic carbocycles. The molecule has 0 amide bonds. The van der Waals surface area contributed by atoms with Gasteiger partial charge in [-0.25, -0.2) is 4.98 Å². The molecule has 2 aromatic rings. The largest absolute Gasteiger partial charge is 0.303 e. The number of aromatic nitrogens is 2. The number of fused-ring (bicyclic) bond motifs is 1. The molecule has 0 radical (unpaired) electrons. The van der Waals surface area contributed by atoms with E-state index in [9.17, 15) is 4.79 Å². The summed E-state index contributed by atoms with van der Waals surface area (Å²) in [6.07, 6.45) is 2.81. The summed E-state index contributed by atoms with van der Waals surface area (Å²) in [6.45, 7) is 6.19. The van der Waals surface area contributed by atoms with Crippen molar-refractivity contribution in [3.63, 3.8) is 0 Å². The van der Waals surface area contributed by atoms with Gasteiger partial charge in [-0.1, -0.05) is 18.5 Å². The lowest BCUT2D eigenvalue weighted by molar-refractivity contribution is 0.331. The fourth-order valence-corrected chi connectivity index (χ4v) is 3.06. The van der Waals surface area contributed by atoms with Crippen LogP contribution in [0.2, 0.25) is 5.02 Å². The number of benzene rings is 1. The van der Waals surface area contributed by atoms with Gasteiger partial charge in [0.15, 0.2) is 0 Å². The van der Waals surface area contributed by atoms with Gasteiger partial charge >= 0.3 is 0 Å². The molecule has 3 rings (SSSR count). The Morgan fingerprint density at radius 3 is 3.05 bits per heavy atom. The summed E-state index contributed by atoms with van der Waals surface area (Å²) in [4.78, 5) is 19.2. The van der Waals surface area contributed by atoms with E-state index in [2.05, 4.69) is 16.8 Å². The Morgan fingerprint density at radius 2 is 2.30 bits per heavy atom. The first kappa shape index (κ1) is 13.6. The summed E-state index contributed by atoms with van der Waals surface area (Å²) in [5, 5.41) is 1.18. The lowest BCUT2D eigenvalue weighted by atomic mass is 10.1. The minimum Gasteiger partial charge on any atom is -0.303 e. The van der Waals surface area contributed by atoms with E-state index in [0.717, 1.165) is 32.6 Å². The zero-order valence-corrected chi connectivity index (χ0v) is 12.3. The van der Waals surface area contributed by atoms with Gasteiger partial charge in [-0.3, -0.25) is 9.36 Å². The summed E-state index contributed by atoms with van der Waals surface area (Å²) in [6, 6.07) is 5.25. The molecule has 1 aliphatic heterocycles. The molecule has 1 aromatic heterocycles. The Morgan fingerprint density at radius 1 is 1.45 bits per heavy atom. The molecule has 1 saturated heterocycles. The predicted molar refractivity (Wildman–Crippen MR) is 81.2 cm³/mol. The van der Waals surface area contributed by atoms with Crippen molar-refractivity contribution in [2.45, 2.75) is 19.9 Å². The first-order chi connectivity index (χ1) is 9.67. The Labute approximate surface area is 123 Å². The quantitative estimate of drug-likeness (QED) is 0.871. The van der Waals surface area contributed by atoms with Gasteiger partial charge in [0.25, 0.3) is 5.56 Å². The number of hydrogen-bond donors (Lipinski definition) is 0. The highest BCUT2D eigenvalue weighted by atomic mass is 35.5. The van der Waals surface area contributed by atoms with Crippen LogP contribution in [0.15, 0.2) is 29.3 Å². The summed E-state index contributed by atoms with van der Waals surface area (Å²) < 4.78 is 1.72. The molecular weight excluding hydrogens is 274 g/mol. The fraction of sp³-hybridized carbons (Fsp3) is 0.467. The fourth-order valence-electron chi connectivity index (χ4n) is 2.89. The molecule has 0 bridgehead atoms. The zero-order chi connectivity index (χ0) is 14.1. The van der Waals surface area contributed by atoms with Crippen LogP contribution >= 0.6 is 11.6 Å². The molecule has 5 heteroatoms. The van der Waals surface area contributed by atoms with Crippen LogP contribution in [-0.2, 0) is 6.54 Å². The van der Waals surface area contributed by atoms with Crippen LogP contribution in [0.25, 0.3) is 10.9 Å². The van der Waals surface area contributed by atoms with Crippen LogP contribution in [-0.4, -0.2) is 34.1 Å². The van der Waals surface area contributed by atoms with Gasteiger partial charge in [0.2, 0.25) is 0 Å². The summed E-state index contributed by atoms with van der Waals surface area (Å²) >= 11 is 5.97. The molecule has 1 aliphatic rings. The van der Waals surface area contributed by atoms with Crippen LogP contribution in [0, 0.1) is 5.92 Å². The molecule has 0 saturated carbocycles. The van der Waals surface area contributed by atoms with Crippen molar-refractivity contribution in [2.75, 3.05) is 19.6 Å². The van der Waals surface area contributed by atoms with Crippen molar-refractivity contribution >= 4 is 22.5 Å². The van der Waals surface area contributed by atoms with Crippen LogP contribution in [0.1, 0.15) is 13.3 Å². The Kier molecular flexibility index (Phi) is 3.76. The molecule has 0 N–H and O–H groups in total. The van der Waals surface area contributed by atoms with Gasteiger partial charge in [-0.15, -0.1) is 0 Å². The number of nitrogens with zero attached hydrogens (tertiary/aromatic N) is 3. The summed E-state index contributed by atoms with van der Waals surface area (Å²) in [5.41, 5.74) is 0.713. The molecule has 1 fully saturated rings. The lowest BCUT2D eigenvalue weighted by Crippen LogP contribution is -2.26. The first-order valence-electron chi connectivity index (χ1n) is 7.04. The van der Waals surface area contributed by atoms with Gasteiger partial charge < -0.3 is 4.90 Å². The number of likely N-dealkylation sites (tertiary alicyclic amines) is 1. The normalized spacial score (nSPS) is 19.8. The van der Waals surface area contributed by atoms with Crippen molar-refractivity contribution in [2.24, 2.45) is 5.92 Å². The molecule has 106 valence electrons. The van der Waals surface area contributed by atoms with E-state index in [1.54, 1.807) is 29.1 Å². The van der Waals surface area contributed by atoms with E-state index in [4.69, 9.17) is 11.6 Å². The second-order valence-corrected chi connectivity index (χ2v) is 5.85. The van der Waals surface area contributed by atoms with E-state index in [1.807, 2.05) is 0 Å². The zero-order valence-electron chi connectivity index (χ0n) is 11.6. The molecule has 20 heavy (non-hydrogen) atoms. The van der Waals surface area contributed by atoms with Crippen molar-refractivity contribution in [3.05, 3.63) is 39.9 Å². The summed E-state index contributed by atoms with van der Waals surface area (Å²) in [7, 11) is 0. The van der Waals surface area contributed by atoms with Crippen LogP contribution < -0.4 is 5.56 Å². The Hall–Kier alpha value is -1.39. The molecule has 4 nitrogen and oxygen atoms in total. The second-order valence-electron chi connectivity index (χ2n) is 5.41. The van der Waals surface area contributed by atoms with Crippen molar-refractivity contribution in [1.82, 2.24) is 14.5 Å². The maximum Gasteiger partial charge on any atom is 0.261 e. The van der Waals surface area contributed by atoms with Gasteiger partial charge in [0, 0.05) is 18.1 Å². The predicted octanol–water partition coefficient (Wildman–Crippen LogP) is 2.39.